The van der Waals surface area contributed by atoms with Gasteiger partial charge in [-0.25, -0.2) is 8.42 Å². The summed E-state index contributed by atoms with van der Waals surface area (Å²) in [6, 6.07) is 5.90. The lowest BCUT2D eigenvalue weighted by Crippen LogP contribution is -2.13. The molecule has 0 bridgehead atoms. The molecule has 108 valence electrons. The Balaban J connectivity index is 2.30. The Hall–Kier alpha value is -2.22. The number of nitrogens with two attached hydrogens (primary N) is 1. The van der Waals surface area contributed by atoms with E-state index < -0.39 is 10.0 Å². The lowest BCUT2D eigenvalue weighted by atomic mass is 10.3. The van der Waals surface area contributed by atoms with E-state index >= 15 is 0 Å². The van der Waals surface area contributed by atoms with Gasteiger partial charge in [0.2, 0.25) is 0 Å². The van der Waals surface area contributed by atoms with Gasteiger partial charge in [-0.3, -0.25) is 9.82 Å². The molecule has 0 unspecified atom stereocenters. The normalized spacial score (nSPS) is 11.3. The fourth-order valence-electron chi connectivity index (χ4n) is 1.65. The maximum atomic E-state index is 12.2. The zero-order valence-electron chi connectivity index (χ0n) is 11.2. The summed E-state index contributed by atoms with van der Waals surface area (Å²) < 4.78 is 31.8. The van der Waals surface area contributed by atoms with E-state index in [-0.39, 0.29) is 10.7 Å². The van der Waals surface area contributed by atoms with Crippen molar-refractivity contribution in [2.24, 2.45) is 0 Å². The monoisotopic (exact) mass is 296 g/mol. The molecule has 0 spiro atoms. The van der Waals surface area contributed by atoms with Crippen molar-refractivity contribution in [3.05, 3.63) is 30.0 Å². The summed E-state index contributed by atoms with van der Waals surface area (Å²) in [5.41, 5.74) is 6.88. The van der Waals surface area contributed by atoms with E-state index in [9.17, 15) is 8.42 Å². The molecule has 0 amide bonds. The van der Waals surface area contributed by atoms with Gasteiger partial charge in [0.25, 0.3) is 10.0 Å². The van der Waals surface area contributed by atoms with Crippen LogP contribution in [0.3, 0.4) is 0 Å². The van der Waals surface area contributed by atoms with Crippen molar-refractivity contribution in [2.45, 2.75) is 18.2 Å². The molecule has 0 atom stereocenters. The van der Waals surface area contributed by atoms with Crippen LogP contribution in [-0.2, 0) is 16.4 Å². The highest BCUT2D eigenvalue weighted by Gasteiger charge is 2.17. The molecule has 1 aromatic carbocycles. The molecule has 7 nitrogen and oxygen atoms in total. The number of benzene rings is 1. The quantitative estimate of drug-likeness (QED) is 0.722. The molecule has 0 aliphatic heterocycles. The van der Waals surface area contributed by atoms with Crippen molar-refractivity contribution in [2.75, 3.05) is 17.6 Å². The van der Waals surface area contributed by atoms with Crippen molar-refractivity contribution in [1.29, 1.82) is 0 Å². The van der Waals surface area contributed by atoms with E-state index in [0.29, 0.717) is 11.4 Å². The van der Waals surface area contributed by atoms with Gasteiger partial charge in [0.05, 0.1) is 17.7 Å². The summed E-state index contributed by atoms with van der Waals surface area (Å²) in [4.78, 5) is 0.0598. The van der Waals surface area contributed by atoms with Crippen LogP contribution in [0.25, 0.3) is 0 Å². The van der Waals surface area contributed by atoms with Gasteiger partial charge in [0.1, 0.15) is 5.75 Å². The van der Waals surface area contributed by atoms with Gasteiger partial charge >= 0.3 is 0 Å². The van der Waals surface area contributed by atoms with Gasteiger partial charge in [-0.2, -0.15) is 5.10 Å². The second-order valence-corrected chi connectivity index (χ2v) is 5.82. The van der Waals surface area contributed by atoms with Gasteiger partial charge < -0.3 is 10.5 Å². The SMILES string of the molecule is CCc1cc(NS(=O)(=O)c2ccc(N)c(OC)c2)n[nH]1. The minimum absolute atomic E-state index is 0.0598. The molecule has 1 heterocycles. The second-order valence-electron chi connectivity index (χ2n) is 4.14. The molecule has 8 heteroatoms. The number of nitrogen functional groups attached to an aromatic ring is 1. The van der Waals surface area contributed by atoms with Crippen LogP contribution in [0.2, 0.25) is 0 Å². The van der Waals surface area contributed by atoms with Crippen LogP contribution in [0.4, 0.5) is 11.5 Å². The Bertz CT molecular complexity index is 709. The Labute approximate surface area is 117 Å². The van der Waals surface area contributed by atoms with Crippen molar-refractivity contribution < 1.29 is 13.2 Å². The number of sulfonamides is 1. The number of rotatable bonds is 5. The fourth-order valence-corrected chi connectivity index (χ4v) is 2.66. The second kappa shape index (κ2) is 5.41. The zero-order chi connectivity index (χ0) is 14.8. The van der Waals surface area contributed by atoms with Crippen LogP contribution in [0.1, 0.15) is 12.6 Å². The Morgan fingerprint density at radius 1 is 1.40 bits per heavy atom. The summed E-state index contributed by atoms with van der Waals surface area (Å²) in [5, 5.41) is 6.63. The van der Waals surface area contributed by atoms with E-state index in [2.05, 4.69) is 14.9 Å². The van der Waals surface area contributed by atoms with Gasteiger partial charge in [-0.15, -0.1) is 0 Å². The first-order chi connectivity index (χ1) is 9.46. The van der Waals surface area contributed by atoms with Gasteiger partial charge in [-0.1, -0.05) is 6.92 Å². The average Bonchev–Trinajstić information content (AvgIpc) is 2.86. The summed E-state index contributed by atoms with van der Waals surface area (Å²) in [6.07, 6.45) is 0.740. The maximum absolute atomic E-state index is 12.2. The summed E-state index contributed by atoms with van der Waals surface area (Å²) in [5.74, 6) is 0.557. The van der Waals surface area contributed by atoms with Crippen molar-refractivity contribution in [3.63, 3.8) is 0 Å². The standard InChI is InChI=1S/C12H16N4O3S/c1-3-8-6-12(15-14-8)16-20(17,18)9-4-5-10(13)11(7-9)19-2/h4-7H,3,13H2,1-2H3,(H2,14,15,16). The van der Waals surface area contributed by atoms with Crippen molar-refractivity contribution in [3.8, 4) is 5.75 Å². The fraction of sp³-hybridized carbons (Fsp3) is 0.250. The van der Waals surface area contributed by atoms with Crippen LogP contribution in [0.5, 0.6) is 5.75 Å². The van der Waals surface area contributed by atoms with Crippen LogP contribution < -0.4 is 15.2 Å². The molecule has 4 N–H and O–H groups in total. The molecule has 0 aliphatic carbocycles. The number of hydrogen-bond donors (Lipinski definition) is 3. The highest BCUT2D eigenvalue weighted by molar-refractivity contribution is 7.92. The zero-order valence-corrected chi connectivity index (χ0v) is 12.0. The summed E-state index contributed by atoms with van der Waals surface area (Å²) >= 11 is 0. The lowest BCUT2D eigenvalue weighted by molar-refractivity contribution is 0.415. The minimum Gasteiger partial charge on any atom is -0.495 e. The van der Waals surface area contributed by atoms with Crippen LogP contribution in [0.15, 0.2) is 29.2 Å². The van der Waals surface area contributed by atoms with Crippen LogP contribution in [0, 0.1) is 0 Å². The highest BCUT2D eigenvalue weighted by atomic mass is 32.2. The first-order valence-corrected chi connectivity index (χ1v) is 7.45. The molecule has 0 fully saturated rings. The first-order valence-electron chi connectivity index (χ1n) is 5.97. The van der Waals surface area contributed by atoms with E-state index in [0.717, 1.165) is 12.1 Å². The average molecular weight is 296 g/mol. The number of H-pyrrole nitrogens is 1. The smallest absolute Gasteiger partial charge is 0.263 e. The number of methoxy groups -OCH3 is 1. The molecule has 2 rings (SSSR count). The third-order valence-electron chi connectivity index (χ3n) is 2.77. The van der Waals surface area contributed by atoms with Gasteiger partial charge in [-0.05, 0) is 18.6 Å². The molecule has 0 radical (unpaired) electrons. The summed E-state index contributed by atoms with van der Waals surface area (Å²) in [6.45, 7) is 1.94. The van der Waals surface area contributed by atoms with E-state index in [4.69, 9.17) is 10.5 Å². The number of nitrogens with one attached hydrogen (secondary N) is 2. The van der Waals surface area contributed by atoms with Crippen LogP contribution >= 0.6 is 0 Å². The third kappa shape index (κ3) is 2.85. The summed E-state index contributed by atoms with van der Waals surface area (Å²) in [7, 11) is -2.30. The van der Waals surface area contributed by atoms with Crippen molar-refractivity contribution in [1.82, 2.24) is 10.2 Å². The number of hydrogen-bond acceptors (Lipinski definition) is 5. The van der Waals surface area contributed by atoms with E-state index in [1.54, 1.807) is 6.07 Å². The van der Waals surface area contributed by atoms with Crippen molar-refractivity contribution >= 4 is 21.5 Å². The maximum Gasteiger partial charge on any atom is 0.263 e. The Kier molecular flexibility index (Phi) is 3.84. The molecular weight excluding hydrogens is 280 g/mol. The van der Waals surface area contributed by atoms with E-state index in [1.165, 1.54) is 25.3 Å². The number of nitrogens with zero attached hydrogens (tertiary/aromatic N) is 1. The molecule has 0 aliphatic rings. The minimum atomic E-state index is -3.73. The predicted molar refractivity (Wildman–Crippen MR) is 76.2 cm³/mol. The number of aromatic nitrogens is 2. The number of ether oxygens (including phenoxy) is 1. The largest absolute Gasteiger partial charge is 0.495 e. The molecule has 1 aromatic heterocycles. The Morgan fingerprint density at radius 3 is 2.75 bits per heavy atom. The van der Waals surface area contributed by atoms with E-state index in [1.807, 2.05) is 6.92 Å². The molecule has 0 saturated heterocycles. The first kappa shape index (κ1) is 14.2. The number of aromatic amines is 1. The number of anilines is 2. The topological polar surface area (TPSA) is 110 Å². The van der Waals surface area contributed by atoms with Crippen LogP contribution in [-0.4, -0.2) is 25.7 Å². The third-order valence-corrected chi connectivity index (χ3v) is 4.12. The molecule has 2 aromatic rings. The highest BCUT2D eigenvalue weighted by Crippen LogP contribution is 2.25. The van der Waals surface area contributed by atoms with Gasteiger partial charge in [0, 0.05) is 17.8 Å². The lowest BCUT2D eigenvalue weighted by Gasteiger charge is -2.08. The number of aryl methyl sites for hydroxylation is 1. The molecule has 0 saturated carbocycles. The predicted octanol–water partition coefficient (Wildman–Crippen LogP) is 1.36. The Morgan fingerprint density at radius 2 is 2.15 bits per heavy atom. The molecular formula is C12H16N4O3S. The molecule has 20 heavy (non-hydrogen) atoms. The van der Waals surface area contributed by atoms with Gasteiger partial charge in [0.15, 0.2) is 5.82 Å².